The maximum atomic E-state index is 10.5. The fourth-order valence-electron chi connectivity index (χ4n) is 0.803. The quantitative estimate of drug-likeness (QED) is 0.449. The van der Waals surface area contributed by atoms with E-state index in [0.717, 1.165) is 19.3 Å². The highest BCUT2D eigenvalue weighted by molar-refractivity contribution is 5.80. The molecule has 1 rings (SSSR count). The number of hydrogen-bond donors (Lipinski definition) is 0. The second-order valence-electron chi connectivity index (χ2n) is 2.78. The van der Waals surface area contributed by atoms with E-state index in [2.05, 4.69) is 16.4 Å². The highest BCUT2D eigenvalue weighted by Gasteiger charge is 1.97. The van der Waals surface area contributed by atoms with Gasteiger partial charge in [-0.2, -0.15) is 0 Å². The summed E-state index contributed by atoms with van der Waals surface area (Å²) < 4.78 is 4.83. The topological polar surface area (TPSA) is 44.8 Å². The largest absolute Gasteiger partial charge is 0.382 e. The molecule has 0 amide bonds. The van der Waals surface area contributed by atoms with Gasteiger partial charge in [0.1, 0.15) is 0 Å². The molecule has 4 nitrogen and oxygen atoms in total. The molecule has 0 fully saturated rings. The molecular weight excluding hydrogens is 220 g/mol. The minimum atomic E-state index is -0.612. The van der Waals surface area contributed by atoms with Gasteiger partial charge in [0.25, 0.3) is 0 Å². The molecule has 0 aliphatic rings. The van der Waals surface area contributed by atoms with Gasteiger partial charge in [-0.15, -0.1) is 0 Å². The number of carbonyl (C=O) groups is 1. The summed E-state index contributed by atoms with van der Waals surface area (Å²) in [6, 6.07) is 8.74. The molecule has 0 spiro atoms. The second kappa shape index (κ2) is 10.7. The van der Waals surface area contributed by atoms with Gasteiger partial charge in [-0.25, -0.2) is 9.68 Å². The Morgan fingerprint density at radius 2 is 1.82 bits per heavy atom. The molecule has 0 aliphatic heterocycles. The maximum absolute atomic E-state index is 10.5. The Balaban J connectivity index is 0.000000437. The van der Waals surface area contributed by atoms with Crippen molar-refractivity contribution >= 4 is 5.97 Å². The molecule has 0 saturated carbocycles. The molecule has 94 valence electrons. The van der Waals surface area contributed by atoms with Crippen LogP contribution in [0.5, 0.6) is 5.75 Å². The van der Waals surface area contributed by atoms with E-state index >= 15 is 0 Å². The lowest BCUT2D eigenvalue weighted by molar-refractivity contribution is -0.207. The van der Waals surface area contributed by atoms with Crippen LogP contribution in [0.2, 0.25) is 0 Å². The van der Waals surface area contributed by atoms with Crippen LogP contribution in [-0.4, -0.2) is 19.2 Å². The number of rotatable bonds is 5. The van der Waals surface area contributed by atoms with E-state index < -0.39 is 5.97 Å². The standard InChI is InChI=1S/C9H8O3.C4H10O/c1-2-9(10)12-11-8-6-4-3-5-7-8;1-3-5-4-2/h2-7H,1H2;3-4H2,1-2H3. The first kappa shape index (κ1) is 15.2. The van der Waals surface area contributed by atoms with E-state index in [-0.39, 0.29) is 0 Å². The molecule has 0 atom stereocenters. The average molecular weight is 238 g/mol. The van der Waals surface area contributed by atoms with Gasteiger partial charge in [0.15, 0.2) is 5.75 Å². The lowest BCUT2D eigenvalue weighted by Crippen LogP contribution is -2.03. The monoisotopic (exact) mass is 238 g/mol. The Kier molecular flexibility index (Phi) is 9.56. The number of hydrogen-bond acceptors (Lipinski definition) is 4. The van der Waals surface area contributed by atoms with Crippen molar-refractivity contribution in [3.63, 3.8) is 0 Å². The molecule has 17 heavy (non-hydrogen) atoms. The third-order valence-electron chi connectivity index (χ3n) is 1.54. The first-order valence-electron chi connectivity index (χ1n) is 5.38. The first-order chi connectivity index (χ1) is 8.24. The highest BCUT2D eigenvalue weighted by Crippen LogP contribution is 2.08. The highest BCUT2D eigenvalue weighted by atomic mass is 17.2. The minimum absolute atomic E-state index is 0.479. The predicted molar refractivity (Wildman–Crippen MR) is 65.5 cm³/mol. The average Bonchev–Trinajstić information content (AvgIpc) is 2.39. The van der Waals surface area contributed by atoms with E-state index in [0.29, 0.717) is 5.75 Å². The summed E-state index contributed by atoms with van der Waals surface area (Å²) in [5, 5.41) is 0. The number of carbonyl (C=O) groups excluding carboxylic acids is 1. The zero-order chi connectivity index (χ0) is 12.9. The Labute approximate surface area is 102 Å². The summed E-state index contributed by atoms with van der Waals surface area (Å²) in [5.41, 5.74) is 0. The van der Waals surface area contributed by atoms with Gasteiger partial charge in [0.2, 0.25) is 0 Å². The Bertz CT molecular complexity index is 306. The summed E-state index contributed by atoms with van der Waals surface area (Å²) in [5.74, 6) is -0.133. The third kappa shape index (κ3) is 9.14. The molecule has 1 aromatic carbocycles. The fourth-order valence-corrected chi connectivity index (χ4v) is 0.803. The summed E-state index contributed by atoms with van der Waals surface area (Å²) in [7, 11) is 0. The first-order valence-corrected chi connectivity index (χ1v) is 5.38. The molecular formula is C13H18O4. The van der Waals surface area contributed by atoms with Crippen LogP contribution < -0.4 is 4.89 Å². The van der Waals surface area contributed by atoms with Gasteiger partial charge in [0.05, 0.1) is 0 Å². The van der Waals surface area contributed by atoms with Crippen molar-refractivity contribution in [1.82, 2.24) is 0 Å². The predicted octanol–water partition coefficient (Wildman–Crippen LogP) is 2.75. The summed E-state index contributed by atoms with van der Waals surface area (Å²) in [4.78, 5) is 19.5. The van der Waals surface area contributed by atoms with E-state index in [1.54, 1.807) is 24.3 Å². The van der Waals surface area contributed by atoms with Gasteiger partial charge in [-0.1, -0.05) is 24.8 Å². The molecule has 1 aromatic rings. The molecule has 0 bridgehead atoms. The van der Waals surface area contributed by atoms with Crippen LogP contribution in [0.25, 0.3) is 0 Å². The maximum Gasteiger partial charge on any atom is 0.378 e. The van der Waals surface area contributed by atoms with Crippen molar-refractivity contribution in [2.45, 2.75) is 13.8 Å². The van der Waals surface area contributed by atoms with Crippen molar-refractivity contribution in [3.05, 3.63) is 43.0 Å². The van der Waals surface area contributed by atoms with Crippen molar-refractivity contribution in [3.8, 4) is 5.75 Å². The van der Waals surface area contributed by atoms with Gasteiger partial charge in [0, 0.05) is 19.3 Å². The van der Waals surface area contributed by atoms with Crippen LogP contribution in [0.1, 0.15) is 13.8 Å². The van der Waals surface area contributed by atoms with Crippen molar-refractivity contribution in [1.29, 1.82) is 0 Å². The third-order valence-corrected chi connectivity index (χ3v) is 1.54. The zero-order valence-electron chi connectivity index (χ0n) is 10.2. The van der Waals surface area contributed by atoms with Crippen LogP contribution in [0, 0.1) is 0 Å². The van der Waals surface area contributed by atoms with Crippen molar-refractivity contribution in [2.75, 3.05) is 13.2 Å². The van der Waals surface area contributed by atoms with Gasteiger partial charge in [-0.05, 0) is 26.0 Å². The Hall–Kier alpha value is -1.81. The number of para-hydroxylation sites is 1. The molecule has 0 N–H and O–H groups in total. The minimum Gasteiger partial charge on any atom is -0.382 e. The molecule has 0 saturated heterocycles. The fraction of sp³-hybridized carbons (Fsp3) is 0.308. The molecule has 4 heteroatoms. The van der Waals surface area contributed by atoms with Crippen LogP contribution in [0.15, 0.2) is 43.0 Å². The Morgan fingerprint density at radius 1 is 1.24 bits per heavy atom. The Morgan fingerprint density at radius 3 is 2.24 bits per heavy atom. The van der Waals surface area contributed by atoms with E-state index in [4.69, 9.17) is 4.74 Å². The van der Waals surface area contributed by atoms with Gasteiger partial charge in [-0.3, -0.25) is 4.89 Å². The van der Waals surface area contributed by atoms with Gasteiger partial charge < -0.3 is 4.74 Å². The van der Waals surface area contributed by atoms with Crippen LogP contribution in [0.3, 0.4) is 0 Å². The summed E-state index contributed by atoms with van der Waals surface area (Å²) in [6.45, 7) is 8.89. The van der Waals surface area contributed by atoms with Crippen LogP contribution >= 0.6 is 0 Å². The van der Waals surface area contributed by atoms with Crippen molar-refractivity contribution in [2.24, 2.45) is 0 Å². The molecule has 0 radical (unpaired) electrons. The zero-order valence-corrected chi connectivity index (χ0v) is 10.2. The second-order valence-corrected chi connectivity index (χ2v) is 2.78. The van der Waals surface area contributed by atoms with Crippen LogP contribution in [-0.2, 0) is 14.4 Å². The molecule has 0 heterocycles. The molecule has 0 aromatic heterocycles. The molecule has 0 aliphatic carbocycles. The smallest absolute Gasteiger partial charge is 0.378 e. The van der Waals surface area contributed by atoms with E-state index in [1.165, 1.54) is 0 Å². The van der Waals surface area contributed by atoms with E-state index in [1.807, 2.05) is 19.9 Å². The van der Waals surface area contributed by atoms with Crippen molar-refractivity contribution < 1.29 is 19.3 Å². The number of ether oxygens (including phenoxy) is 1. The summed E-state index contributed by atoms with van der Waals surface area (Å²) >= 11 is 0. The van der Waals surface area contributed by atoms with E-state index in [9.17, 15) is 4.79 Å². The van der Waals surface area contributed by atoms with Crippen LogP contribution in [0.4, 0.5) is 0 Å². The number of benzene rings is 1. The lowest BCUT2D eigenvalue weighted by Gasteiger charge is -2.00. The lowest BCUT2D eigenvalue weighted by atomic mass is 10.3. The normalized spacial score (nSPS) is 8.59. The van der Waals surface area contributed by atoms with Gasteiger partial charge >= 0.3 is 5.97 Å². The summed E-state index contributed by atoms with van der Waals surface area (Å²) in [6.07, 6.45) is 1.03. The molecule has 0 unspecified atom stereocenters. The SMILES string of the molecule is C=CC(=O)OOc1ccccc1.CCOCC.